The van der Waals surface area contributed by atoms with Crippen LogP contribution in [0.2, 0.25) is 0 Å². The first-order valence-corrected chi connectivity index (χ1v) is 4.09. The maximum Gasteiger partial charge on any atom is 0.00991 e. The highest BCUT2D eigenvalue weighted by molar-refractivity contribution is 4.83. The lowest BCUT2D eigenvalue weighted by Gasteiger charge is -2.15. The molecule has 60 valence electrons. The highest BCUT2D eigenvalue weighted by Gasteiger charge is 2.07. The van der Waals surface area contributed by atoms with E-state index in [2.05, 4.69) is 26.0 Å². The Bertz CT molecular complexity index is 96.9. The topological polar surface area (TPSA) is 26.0 Å². The van der Waals surface area contributed by atoms with Gasteiger partial charge in [-0.1, -0.05) is 32.4 Å². The monoisotopic (exact) mass is 141 g/mol. The molecule has 0 fully saturated rings. The van der Waals surface area contributed by atoms with Gasteiger partial charge in [0, 0.05) is 6.04 Å². The van der Waals surface area contributed by atoms with E-state index in [1.165, 1.54) is 6.42 Å². The molecule has 1 heteroatoms. The first kappa shape index (κ1) is 9.70. The molecule has 0 aromatic heterocycles. The van der Waals surface area contributed by atoms with Crippen LogP contribution in [0.5, 0.6) is 0 Å². The van der Waals surface area contributed by atoms with Gasteiger partial charge >= 0.3 is 0 Å². The van der Waals surface area contributed by atoms with Crippen molar-refractivity contribution in [3.63, 3.8) is 0 Å². The highest BCUT2D eigenvalue weighted by Crippen LogP contribution is 2.08. The molecule has 0 aliphatic heterocycles. The van der Waals surface area contributed by atoms with Gasteiger partial charge in [0.25, 0.3) is 0 Å². The molecule has 0 amide bonds. The van der Waals surface area contributed by atoms with Gasteiger partial charge in [-0.2, -0.15) is 0 Å². The number of nitrogens with two attached hydrogens (primary N) is 1. The largest absolute Gasteiger partial charge is 0.327 e. The second kappa shape index (κ2) is 5.48. The van der Waals surface area contributed by atoms with E-state index in [-0.39, 0.29) is 0 Å². The number of hydrogen-bond acceptors (Lipinski definition) is 1. The summed E-state index contributed by atoms with van der Waals surface area (Å²) in [6, 6.07) is 0.348. The second-order valence-electron chi connectivity index (χ2n) is 2.85. The zero-order valence-electron chi connectivity index (χ0n) is 7.30. The predicted molar refractivity (Wildman–Crippen MR) is 46.9 cm³/mol. The molecule has 0 bridgehead atoms. The van der Waals surface area contributed by atoms with Gasteiger partial charge in [-0.05, 0) is 19.3 Å². The van der Waals surface area contributed by atoms with Gasteiger partial charge in [-0.15, -0.1) is 0 Å². The smallest absolute Gasteiger partial charge is 0.00991 e. The summed E-state index contributed by atoms with van der Waals surface area (Å²) in [6.45, 7) is 6.41. The average molecular weight is 141 g/mol. The summed E-state index contributed by atoms with van der Waals surface area (Å²) >= 11 is 0. The van der Waals surface area contributed by atoms with E-state index < -0.39 is 0 Å². The molecule has 0 saturated heterocycles. The van der Waals surface area contributed by atoms with Crippen LogP contribution in [0.3, 0.4) is 0 Å². The molecule has 10 heavy (non-hydrogen) atoms. The maximum absolute atomic E-state index is 5.86. The average Bonchev–Trinajstić information content (AvgIpc) is 1.98. The van der Waals surface area contributed by atoms with E-state index in [9.17, 15) is 0 Å². The molecule has 1 unspecified atom stereocenters. The molecule has 0 saturated carbocycles. The molecule has 0 aromatic rings. The van der Waals surface area contributed by atoms with Crippen molar-refractivity contribution in [1.82, 2.24) is 0 Å². The van der Waals surface area contributed by atoms with E-state index in [1.807, 2.05) is 6.92 Å². The number of hydrogen-bond donors (Lipinski definition) is 1. The third kappa shape index (κ3) is 3.67. The third-order valence-electron chi connectivity index (χ3n) is 2.02. The summed E-state index contributed by atoms with van der Waals surface area (Å²) in [5.74, 6) is 0.649. The molecular weight excluding hydrogens is 122 g/mol. The molecule has 0 aliphatic carbocycles. The molecule has 1 nitrogen and oxygen atoms in total. The second-order valence-corrected chi connectivity index (χ2v) is 2.85. The van der Waals surface area contributed by atoms with Gasteiger partial charge in [-0.3, -0.25) is 0 Å². The molecule has 0 aromatic carbocycles. The Hall–Kier alpha value is -0.300. The van der Waals surface area contributed by atoms with Crippen LogP contribution in [0.4, 0.5) is 0 Å². The van der Waals surface area contributed by atoms with Crippen LogP contribution in [0, 0.1) is 5.92 Å². The molecule has 2 atom stereocenters. The van der Waals surface area contributed by atoms with E-state index >= 15 is 0 Å². The van der Waals surface area contributed by atoms with Crippen molar-refractivity contribution in [1.29, 1.82) is 0 Å². The summed E-state index contributed by atoms with van der Waals surface area (Å²) in [5, 5.41) is 0. The SMILES string of the molecule is C/C=C/CC(N)[C@H](C)CC. The first-order chi connectivity index (χ1) is 4.72. The van der Waals surface area contributed by atoms with Gasteiger partial charge in [0.05, 0.1) is 0 Å². The summed E-state index contributed by atoms with van der Waals surface area (Å²) in [5.41, 5.74) is 5.86. The fourth-order valence-electron chi connectivity index (χ4n) is 0.828. The molecule has 2 N–H and O–H groups in total. The van der Waals surface area contributed by atoms with Gasteiger partial charge in [0.1, 0.15) is 0 Å². The van der Waals surface area contributed by atoms with E-state index in [1.54, 1.807) is 0 Å². The van der Waals surface area contributed by atoms with Crippen LogP contribution in [0.15, 0.2) is 12.2 Å². The van der Waals surface area contributed by atoms with Crippen molar-refractivity contribution < 1.29 is 0 Å². The fourth-order valence-corrected chi connectivity index (χ4v) is 0.828. The summed E-state index contributed by atoms with van der Waals surface area (Å²) in [6.07, 6.45) is 6.39. The molecular formula is C9H19N. The van der Waals surface area contributed by atoms with Gasteiger partial charge in [0.15, 0.2) is 0 Å². The minimum Gasteiger partial charge on any atom is -0.327 e. The lowest BCUT2D eigenvalue weighted by molar-refractivity contribution is 0.445. The van der Waals surface area contributed by atoms with Crippen molar-refractivity contribution in [3.8, 4) is 0 Å². The minimum atomic E-state index is 0.348. The van der Waals surface area contributed by atoms with Crippen molar-refractivity contribution in [3.05, 3.63) is 12.2 Å². The Kier molecular flexibility index (Phi) is 5.32. The van der Waals surface area contributed by atoms with Crippen LogP contribution in [0.1, 0.15) is 33.6 Å². The Balaban J connectivity index is 3.50. The van der Waals surface area contributed by atoms with Crippen LogP contribution >= 0.6 is 0 Å². The van der Waals surface area contributed by atoms with E-state index in [4.69, 9.17) is 5.73 Å². The van der Waals surface area contributed by atoms with Crippen molar-refractivity contribution in [2.45, 2.75) is 39.7 Å². The quantitative estimate of drug-likeness (QED) is 0.597. The van der Waals surface area contributed by atoms with Crippen LogP contribution in [-0.4, -0.2) is 6.04 Å². The number of rotatable bonds is 4. The Morgan fingerprint density at radius 2 is 2.10 bits per heavy atom. The summed E-state index contributed by atoms with van der Waals surface area (Å²) in [4.78, 5) is 0. The standard InChI is InChI=1S/C9H19N/c1-4-6-7-9(10)8(3)5-2/h4,6,8-9H,5,7,10H2,1-3H3/b6-4+/t8-,9?/m1/s1. The van der Waals surface area contributed by atoms with Crippen molar-refractivity contribution in [2.24, 2.45) is 11.7 Å². The Labute approximate surface area is 64.3 Å². The molecule has 0 rings (SSSR count). The lowest BCUT2D eigenvalue weighted by atomic mass is 9.97. The Morgan fingerprint density at radius 1 is 1.50 bits per heavy atom. The van der Waals surface area contributed by atoms with Crippen LogP contribution < -0.4 is 5.73 Å². The van der Waals surface area contributed by atoms with Gasteiger partial charge in [0.2, 0.25) is 0 Å². The highest BCUT2D eigenvalue weighted by atomic mass is 14.6. The zero-order valence-corrected chi connectivity index (χ0v) is 7.30. The van der Waals surface area contributed by atoms with Crippen LogP contribution in [0.25, 0.3) is 0 Å². The predicted octanol–water partition coefficient (Wildman–Crippen LogP) is 2.33. The van der Waals surface area contributed by atoms with Gasteiger partial charge < -0.3 is 5.73 Å². The van der Waals surface area contributed by atoms with E-state index in [0.29, 0.717) is 12.0 Å². The summed E-state index contributed by atoms with van der Waals surface area (Å²) < 4.78 is 0. The van der Waals surface area contributed by atoms with Gasteiger partial charge in [-0.25, -0.2) is 0 Å². The van der Waals surface area contributed by atoms with Crippen molar-refractivity contribution >= 4 is 0 Å². The zero-order chi connectivity index (χ0) is 7.98. The van der Waals surface area contributed by atoms with E-state index in [0.717, 1.165) is 6.42 Å². The summed E-state index contributed by atoms with van der Waals surface area (Å²) in [7, 11) is 0. The molecule has 0 spiro atoms. The maximum atomic E-state index is 5.86. The normalized spacial score (nSPS) is 17.6. The van der Waals surface area contributed by atoms with Crippen LogP contribution in [-0.2, 0) is 0 Å². The third-order valence-corrected chi connectivity index (χ3v) is 2.02. The van der Waals surface area contributed by atoms with Crippen molar-refractivity contribution in [2.75, 3.05) is 0 Å². The fraction of sp³-hybridized carbons (Fsp3) is 0.778. The minimum absolute atomic E-state index is 0.348. The first-order valence-electron chi connectivity index (χ1n) is 4.09. The molecule has 0 aliphatic rings. The Morgan fingerprint density at radius 3 is 2.50 bits per heavy atom. The molecule has 0 heterocycles. The molecule has 0 radical (unpaired) electrons. The lowest BCUT2D eigenvalue weighted by Crippen LogP contribution is -2.26. The number of allylic oxidation sites excluding steroid dienone is 1.